The first kappa shape index (κ1) is 11.2. The summed E-state index contributed by atoms with van der Waals surface area (Å²) in [6.07, 6.45) is 7.13. The van der Waals surface area contributed by atoms with E-state index in [9.17, 15) is 10.1 Å². The molecule has 16 heavy (non-hydrogen) atoms. The maximum absolute atomic E-state index is 10.7. The van der Waals surface area contributed by atoms with Gasteiger partial charge >= 0.3 is 0 Å². The molecule has 0 aromatic rings. The highest BCUT2D eigenvalue weighted by atomic mass is 35.5. The van der Waals surface area contributed by atoms with Crippen LogP contribution in [0.15, 0.2) is 23.3 Å². The lowest BCUT2D eigenvalue weighted by molar-refractivity contribution is -0.493. The van der Waals surface area contributed by atoms with E-state index in [2.05, 4.69) is 17.2 Å². The lowest BCUT2D eigenvalue weighted by Crippen LogP contribution is -2.28. The molecule has 0 aliphatic heterocycles. The Labute approximate surface area is 98.5 Å². The molecule has 2 aliphatic rings. The fourth-order valence-electron chi connectivity index (χ4n) is 1.37. The van der Waals surface area contributed by atoms with Crippen LogP contribution < -0.4 is 5.32 Å². The van der Waals surface area contributed by atoms with E-state index in [0.29, 0.717) is 11.1 Å². The van der Waals surface area contributed by atoms with E-state index in [1.54, 1.807) is 6.08 Å². The number of nitrogens with one attached hydrogen (secondary N) is 1. The third kappa shape index (κ3) is 3.09. The van der Waals surface area contributed by atoms with Gasteiger partial charge in [0.1, 0.15) is 0 Å². The van der Waals surface area contributed by atoms with Gasteiger partial charge < -0.3 is 0 Å². The SMILES string of the molecule is O=[N+]([O-])C1C#CC(NC2CC2)/C=C\C(Cl)=C/1. The molecule has 0 aromatic heterocycles. The van der Waals surface area contributed by atoms with Crippen molar-refractivity contribution >= 4 is 11.6 Å². The van der Waals surface area contributed by atoms with E-state index < -0.39 is 11.0 Å². The second-order valence-corrected chi connectivity index (χ2v) is 4.28. The van der Waals surface area contributed by atoms with Crippen molar-refractivity contribution in [3.05, 3.63) is 33.4 Å². The van der Waals surface area contributed by atoms with Crippen LogP contribution in [0.2, 0.25) is 0 Å². The Hall–Kier alpha value is -1.31. The summed E-state index contributed by atoms with van der Waals surface area (Å²) in [6, 6.07) is -0.654. The number of allylic oxidation sites excluding steroid dienone is 2. The first-order valence-corrected chi connectivity index (χ1v) is 5.49. The highest BCUT2D eigenvalue weighted by Crippen LogP contribution is 2.20. The summed E-state index contributed by atoms with van der Waals surface area (Å²) in [5.74, 6) is 5.46. The van der Waals surface area contributed by atoms with Gasteiger partial charge in [-0.2, -0.15) is 0 Å². The fraction of sp³-hybridized carbons (Fsp3) is 0.455. The van der Waals surface area contributed by atoms with E-state index in [4.69, 9.17) is 11.6 Å². The van der Waals surface area contributed by atoms with Gasteiger partial charge in [-0.05, 0) is 24.8 Å². The van der Waals surface area contributed by atoms with Crippen molar-refractivity contribution < 1.29 is 4.92 Å². The van der Waals surface area contributed by atoms with Crippen molar-refractivity contribution in [1.82, 2.24) is 5.32 Å². The van der Waals surface area contributed by atoms with E-state index in [0.717, 1.165) is 12.8 Å². The van der Waals surface area contributed by atoms with Crippen LogP contribution in [-0.2, 0) is 0 Å². The fourth-order valence-corrected chi connectivity index (χ4v) is 1.57. The van der Waals surface area contributed by atoms with Crippen LogP contribution in [0, 0.1) is 22.0 Å². The predicted octanol–water partition coefficient (Wildman–Crippen LogP) is 1.45. The molecular weight excluding hydrogens is 228 g/mol. The van der Waals surface area contributed by atoms with E-state index in [-0.39, 0.29) is 6.04 Å². The summed E-state index contributed by atoms with van der Waals surface area (Å²) >= 11 is 5.82. The molecule has 1 saturated carbocycles. The molecular formula is C11H11ClN2O2. The Kier molecular flexibility index (Phi) is 3.28. The molecule has 0 bridgehead atoms. The zero-order valence-corrected chi connectivity index (χ0v) is 9.28. The van der Waals surface area contributed by atoms with Gasteiger partial charge in [-0.25, -0.2) is 0 Å². The topological polar surface area (TPSA) is 55.2 Å². The molecule has 2 atom stereocenters. The summed E-state index contributed by atoms with van der Waals surface area (Å²) in [5, 5.41) is 14.3. The van der Waals surface area contributed by atoms with Crippen LogP contribution >= 0.6 is 11.6 Å². The third-order valence-corrected chi connectivity index (χ3v) is 2.62. The summed E-state index contributed by atoms with van der Waals surface area (Å²) in [7, 11) is 0. The number of nitro groups is 1. The molecule has 0 aromatic carbocycles. The molecule has 5 heteroatoms. The number of rotatable bonds is 3. The quantitative estimate of drug-likeness (QED) is 0.460. The maximum Gasteiger partial charge on any atom is 0.292 e. The highest BCUT2D eigenvalue weighted by molar-refractivity contribution is 6.31. The van der Waals surface area contributed by atoms with E-state index in [1.807, 2.05) is 6.08 Å². The molecule has 2 unspecified atom stereocenters. The van der Waals surface area contributed by atoms with E-state index >= 15 is 0 Å². The number of hydrogen-bond acceptors (Lipinski definition) is 3. The van der Waals surface area contributed by atoms with E-state index in [1.165, 1.54) is 6.08 Å². The van der Waals surface area contributed by atoms with Gasteiger partial charge in [0.05, 0.1) is 6.04 Å². The smallest absolute Gasteiger partial charge is 0.292 e. The third-order valence-electron chi connectivity index (χ3n) is 2.37. The summed E-state index contributed by atoms with van der Waals surface area (Å²) in [5.41, 5.74) is 0. The molecule has 0 amide bonds. The van der Waals surface area contributed by atoms with Gasteiger partial charge in [-0.15, -0.1) is 0 Å². The van der Waals surface area contributed by atoms with Crippen LogP contribution in [0.5, 0.6) is 0 Å². The van der Waals surface area contributed by atoms with Crippen LogP contribution in [0.1, 0.15) is 12.8 Å². The molecule has 0 saturated heterocycles. The largest absolute Gasteiger partial charge is 0.298 e. The molecule has 0 radical (unpaired) electrons. The molecule has 4 nitrogen and oxygen atoms in total. The van der Waals surface area contributed by atoms with Gasteiger partial charge in [0, 0.05) is 22.1 Å². The summed E-state index contributed by atoms with van der Waals surface area (Å²) < 4.78 is 0. The molecule has 0 spiro atoms. The minimum Gasteiger partial charge on any atom is -0.298 e. The van der Waals surface area contributed by atoms with Crippen molar-refractivity contribution in [2.24, 2.45) is 0 Å². The van der Waals surface area contributed by atoms with Gasteiger partial charge in [-0.1, -0.05) is 23.6 Å². The minimum absolute atomic E-state index is 0.141. The average molecular weight is 239 g/mol. The first-order valence-electron chi connectivity index (χ1n) is 5.11. The number of hydrogen-bond donors (Lipinski definition) is 1. The first-order chi connectivity index (χ1) is 7.65. The normalized spacial score (nSPS) is 33.7. The monoisotopic (exact) mass is 238 g/mol. The lowest BCUT2D eigenvalue weighted by Gasteiger charge is -2.08. The van der Waals surface area contributed by atoms with Crippen LogP contribution in [-0.4, -0.2) is 23.0 Å². The van der Waals surface area contributed by atoms with Crippen LogP contribution in [0.4, 0.5) is 0 Å². The Bertz CT molecular complexity index is 415. The van der Waals surface area contributed by atoms with Gasteiger partial charge in [-0.3, -0.25) is 15.4 Å². The van der Waals surface area contributed by atoms with Gasteiger partial charge in [0.15, 0.2) is 0 Å². The molecule has 2 rings (SSSR count). The Morgan fingerprint density at radius 3 is 2.88 bits per heavy atom. The lowest BCUT2D eigenvalue weighted by atomic mass is 10.1. The molecule has 0 heterocycles. The van der Waals surface area contributed by atoms with Crippen LogP contribution in [0.25, 0.3) is 0 Å². The predicted molar refractivity (Wildman–Crippen MR) is 61.6 cm³/mol. The summed E-state index contributed by atoms with van der Waals surface area (Å²) in [6.45, 7) is 0. The standard InChI is InChI=1S/C11H11ClN2O2/c12-8-1-2-9(13-10-3-4-10)5-6-11(7-8)14(15)16/h1-2,7,9-11,13H,3-4H2/b2-1-,8-7+. The Morgan fingerprint density at radius 2 is 2.25 bits per heavy atom. The van der Waals surface area contributed by atoms with Crippen molar-refractivity contribution in [3.63, 3.8) is 0 Å². The summed E-state index contributed by atoms with van der Waals surface area (Å²) in [4.78, 5) is 10.2. The second kappa shape index (κ2) is 4.69. The van der Waals surface area contributed by atoms with Crippen LogP contribution in [0.3, 0.4) is 0 Å². The molecule has 2 aliphatic carbocycles. The zero-order chi connectivity index (χ0) is 11.5. The Morgan fingerprint density at radius 1 is 1.50 bits per heavy atom. The number of nitrogens with zero attached hydrogens (tertiary/aromatic N) is 1. The molecule has 1 N–H and O–H groups in total. The molecule has 1 fully saturated rings. The van der Waals surface area contributed by atoms with Crippen molar-refractivity contribution in [2.45, 2.75) is 31.0 Å². The zero-order valence-electron chi connectivity index (χ0n) is 8.52. The highest BCUT2D eigenvalue weighted by Gasteiger charge is 2.23. The van der Waals surface area contributed by atoms with Crippen molar-refractivity contribution in [1.29, 1.82) is 0 Å². The average Bonchev–Trinajstić information content (AvgIpc) is 3.00. The second-order valence-electron chi connectivity index (χ2n) is 3.85. The van der Waals surface area contributed by atoms with Crippen molar-refractivity contribution in [2.75, 3.05) is 0 Å². The molecule has 84 valence electrons. The maximum atomic E-state index is 10.7. The van der Waals surface area contributed by atoms with Crippen molar-refractivity contribution in [3.8, 4) is 11.8 Å². The minimum atomic E-state index is -1.01. The number of halogens is 1. The van der Waals surface area contributed by atoms with Gasteiger partial charge in [0.2, 0.25) is 0 Å². The van der Waals surface area contributed by atoms with Gasteiger partial charge in [0.25, 0.3) is 6.04 Å². The Balaban J connectivity index is 2.14.